The molecular weight excluding hydrogens is 322 g/mol. The zero-order valence-electron chi connectivity index (χ0n) is 14.5. The van der Waals surface area contributed by atoms with Crippen molar-refractivity contribution in [1.29, 1.82) is 0 Å². The summed E-state index contributed by atoms with van der Waals surface area (Å²) in [7, 11) is 0. The number of nitrogens with zero attached hydrogens (tertiary/aromatic N) is 1. The van der Waals surface area contributed by atoms with Crippen molar-refractivity contribution in [2.24, 2.45) is 5.41 Å². The predicted octanol–water partition coefficient (Wildman–Crippen LogP) is 3.78. The van der Waals surface area contributed by atoms with Crippen LogP contribution in [0.1, 0.15) is 37.9 Å². The third kappa shape index (κ3) is 3.55. The van der Waals surface area contributed by atoms with Crippen molar-refractivity contribution in [3.05, 3.63) is 65.5 Å². The standard InChI is InChI=1S/C20H22F2N2O/c1-19(2)12-20(19,16-8-6-14(21)11-17(16)22)13-24-18(25)9-7-15-5-3-4-10-23-15/h3-6,8,10-11H,7,9,12-13H2,1-2H3,(H,24,25). The summed E-state index contributed by atoms with van der Waals surface area (Å²) in [5, 5.41) is 2.92. The maximum atomic E-state index is 14.3. The maximum Gasteiger partial charge on any atom is 0.220 e. The largest absolute Gasteiger partial charge is 0.355 e. The van der Waals surface area contributed by atoms with Gasteiger partial charge in [-0.2, -0.15) is 0 Å². The van der Waals surface area contributed by atoms with Gasteiger partial charge in [-0.3, -0.25) is 9.78 Å². The van der Waals surface area contributed by atoms with Gasteiger partial charge in [0.25, 0.3) is 0 Å². The number of aromatic nitrogens is 1. The summed E-state index contributed by atoms with van der Waals surface area (Å²) in [6.45, 7) is 4.43. The summed E-state index contributed by atoms with van der Waals surface area (Å²) in [4.78, 5) is 16.4. The maximum absolute atomic E-state index is 14.3. The molecule has 1 aliphatic carbocycles. The minimum Gasteiger partial charge on any atom is -0.355 e. The Morgan fingerprint density at radius 1 is 1.24 bits per heavy atom. The van der Waals surface area contributed by atoms with Crippen LogP contribution in [0.15, 0.2) is 42.6 Å². The van der Waals surface area contributed by atoms with Crippen molar-refractivity contribution < 1.29 is 13.6 Å². The van der Waals surface area contributed by atoms with Crippen LogP contribution in [0, 0.1) is 17.0 Å². The highest BCUT2D eigenvalue weighted by molar-refractivity contribution is 5.76. The van der Waals surface area contributed by atoms with Gasteiger partial charge in [0.15, 0.2) is 0 Å². The molecule has 132 valence electrons. The lowest BCUT2D eigenvalue weighted by atomic mass is 9.87. The van der Waals surface area contributed by atoms with Crippen LogP contribution in [0.2, 0.25) is 0 Å². The van der Waals surface area contributed by atoms with E-state index in [0.717, 1.165) is 18.2 Å². The van der Waals surface area contributed by atoms with Crippen molar-refractivity contribution in [1.82, 2.24) is 10.3 Å². The monoisotopic (exact) mass is 344 g/mol. The Kier molecular flexibility index (Phi) is 4.58. The highest BCUT2D eigenvalue weighted by atomic mass is 19.1. The van der Waals surface area contributed by atoms with Crippen LogP contribution in [0.3, 0.4) is 0 Å². The zero-order chi connectivity index (χ0) is 18.1. The Morgan fingerprint density at radius 2 is 2.00 bits per heavy atom. The first kappa shape index (κ1) is 17.5. The van der Waals surface area contributed by atoms with Gasteiger partial charge in [-0.25, -0.2) is 8.78 Å². The highest BCUT2D eigenvalue weighted by Crippen LogP contribution is 2.64. The number of carbonyl (C=O) groups is 1. The number of benzene rings is 1. The number of pyridine rings is 1. The second kappa shape index (κ2) is 6.54. The number of carbonyl (C=O) groups excluding carboxylic acids is 1. The average molecular weight is 344 g/mol. The smallest absolute Gasteiger partial charge is 0.220 e. The summed E-state index contributed by atoms with van der Waals surface area (Å²) < 4.78 is 27.5. The molecule has 1 amide bonds. The third-order valence-corrected chi connectivity index (χ3v) is 5.28. The molecule has 1 saturated carbocycles. The van der Waals surface area contributed by atoms with Crippen LogP contribution < -0.4 is 5.32 Å². The molecule has 25 heavy (non-hydrogen) atoms. The molecule has 1 unspecified atom stereocenters. The SMILES string of the molecule is CC1(C)CC1(CNC(=O)CCc1ccccn1)c1ccc(F)cc1F. The zero-order valence-corrected chi connectivity index (χ0v) is 14.5. The van der Waals surface area contributed by atoms with E-state index < -0.39 is 17.0 Å². The molecule has 1 fully saturated rings. The number of rotatable bonds is 6. The fraction of sp³-hybridized carbons (Fsp3) is 0.400. The van der Waals surface area contributed by atoms with E-state index in [2.05, 4.69) is 10.3 Å². The van der Waals surface area contributed by atoms with Gasteiger partial charge in [-0.05, 0) is 42.0 Å². The molecule has 0 spiro atoms. The number of hydrogen-bond acceptors (Lipinski definition) is 2. The van der Waals surface area contributed by atoms with E-state index in [1.165, 1.54) is 12.1 Å². The molecule has 0 radical (unpaired) electrons. The van der Waals surface area contributed by atoms with E-state index in [9.17, 15) is 13.6 Å². The summed E-state index contributed by atoms with van der Waals surface area (Å²) in [6, 6.07) is 9.29. The lowest BCUT2D eigenvalue weighted by Gasteiger charge is -2.22. The molecule has 1 heterocycles. The Labute approximate surface area is 146 Å². The Hall–Kier alpha value is -2.30. The first-order chi connectivity index (χ1) is 11.8. The fourth-order valence-electron chi connectivity index (χ4n) is 3.57. The topological polar surface area (TPSA) is 42.0 Å². The first-order valence-electron chi connectivity index (χ1n) is 8.46. The quantitative estimate of drug-likeness (QED) is 0.867. The van der Waals surface area contributed by atoms with Crippen molar-refractivity contribution in [3.8, 4) is 0 Å². The van der Waals surface area contributed by atoms with Crippen LogP contribution in [0.4, 0.5) is 8.78 Å². The van der Waals surface area contributed by atoms with Crippen LogP contribution in [0.25, 0.3) is 0 Å². The lowest BCUT2D eigenvalue weighted by molar-refractivity contribution is -0.121. The van der Waals surface area contributed by atoms with Crippen molar-refractivity contribution >= 4 is 5.91 Å². The van der Waals surface area contributed by atoms with Gasteiger partial charge >= 0.3 is 0 Å². The van der Waals surface area contributed by atoms with Gasteiger partial charge in [-0.1, -0.05) is 26.0 Å². The fourth-order valence-corrected chi connectivity index (χ4v) is 3.57. The Morgan fingerprint density at radius 3 is 2.60 bits per heavy atom. The molecule has 1 atom stereocenters. The molecule has 3 rings (SSSR count). The first-order valence-corrected chi connectivity index (χ1v) is 8.46. The molecule has 0 aliphatic heterocycles. The molecule has 0 bridgehead atoms. The Balaban J connectivity index is 1.64. The number of amides is 1. The number of halogens is 2. The molecule has 1 aromatic carbocycles. The highest BCUT2D eigenvalue weighted by Gasteiger charge is 2.62. The van der Waals surface area contributed by atoms with Crippen LogP contribution >= 0.6 is 0 Å². The summed E-state index contributed by atoms with van der Waals surface area (Å²) >= 11 is 0. The molecule has 1 N–H and O–H groups in total. The summed E-state index contributed by atoms with van der Waals surface area (Å²) in [6.07, 6.45) is 3.35. The number of aryl methyl sites for hydroxylation is 1. The molecular formula is C20H22F2N2O. The minimum atomic E-state index is -0.589. The average Bonchev–Trinajstić information content (AvgIpc) is 3.14. The van der Waals surface area contributed by atoms with Gasteiger partial charge in [0, 0.05) is 36.3 Å². The summed E-state index contributed by atoms with van der Waals surface area (Å²) in [5.74, 6) is -1.22. The lowest BCUT2D eigenvalue weighted by Crippen LogP contribution is -2.35. The van der Waals surface area contributed by atoms with E-state index in [0.29, 0.717) is 24.9 Å². The molecule has 1 aromatic heterocycles. The number of nitrogens with one attached hydrogen (secondary N) is 1. The van der Waals surface area contributed by atoms with Crippen molar-refractivity contribution in [3.63, 3.8) is 0 Å². The number of hydrogen-bond donors (Lipinski definition) is 1. The second-order valence-corrected chi connectivity index (χ2v) is 7.36. The van der Waals surface area contributed by atoms with E-state index in [1.807, 2.05) is 32.0 Å². The molecule has 3 nitrogen and oxygen atoms in total. The van der Waals surface area contributed by atoms with Gasteiger partial charge in [0.05, 0.1) is 0 Å². The molecule has 0 saturated heterocycles. The summed E-state index contributed by atoms with van der Waals surface area (Å²) in [5.41, 5.74) is 0.721. The minimum absolute atomic E-state index is 0.0877. The second-order valence-electron chi connectivity index (χ2n) is 7.36. The van der Waals surface area contributed by atoms with Gasteiger partial charge < -0.3 is 5.32 Å². The Bertz CT molecular complexity index is 777. The van der Waals surface area contributed by atoms with Gasteiger partial charge in [-0.15, -0.1) is 0 Å². The van der Waals surface area contributed by atoms with E-state index in [-0.39, 0.29) is 11.3 Å². The molecule has 2 aromatic rings. The van der Waals surface area contributed by atoms with Crippen LogP contribution in [0.5, 0.6) is 0 Å². The van der Waals surface area contributed by atoms with E-state index in [4.69, 9.17) is 0 Å². The molecule has 5 heteroatoms. The normalized spacial score (nSPS) is 21.0. The van der Waals surface area contributed by atoms with Gasteiger partial charge in [0.2, 0.25) is 5.91 Å². The van der Waals surface area contributed by atoms with E-state index >= 15 is 0 Å². The molecule has 1 aliphatic rings. The van der Waals surface area contributed by atoms with Crippen LogP contribution in [-0.4, -0.2) is 17.4 Å². The van der Waals surface area contributed by atoms with E-state index in [1.54, 1.807) is 6.20 Å². The van der Waals surface area contributed by atoms with Crippen LogP contribution in [-0.2, 0) is 16.6 Å². The third-order valence-electron chi connectivity index (χ3n) is 5.28. The predicted molar refractivity (Wildman–Crippen MR) is 92.0 cm³/mol. The van der Waals surface area contributed by atoms with Crippen molar-refractivity contribution in [2.75, 3.05) is 6.54 Å². The van der Waals surface area contributed by atoms with Crippen molar-refractivity contribution in [2.45, 2.75) is 38.5 Å². The van der Waals surface area contributed by atoms with Gasteiger partial charge in [0.1, 0.15) is 11.6 Å².